The summed E-state index contributed by atoms with van der Waals surface area (Å²) >= 11 is 5.50. The molecule has 0 amide bonds. The highest BCUT2D eigenvalue weighted by molar-refractivity contribution is 6.64. The van der Waals surface area contributed by atoms with Crippen molar-refractivity contribution in [3.63, 3.8) is 0 Å². The summed E-state index contributed by atoms with van der Waals surface area (Å²) in [5, 5.41) is -0.105. The summed E-state index contributed by atoms with van der Waals surface area (Å²) in [4.78, 5) is 10.9. The third-order valence-corrected chi connectivity index (χ3v) is 3.35. The average Bonchev–Trinajstić information content (AvgIpc) is 2.60. The summed E-state index contributed by atoms with van der Waals surface area (Å²) in [6.07, 6.45) is 9.02. The van der Waals surface area contributed by atoms with Gasteiger partial charge in [-0.2, -0.15) is 0 Å². The first-order valence-corrected chi connectivity index (χ1v) is 5.03. The molecule has 0 N–H and O–H groups in total. The SMILES string of the molecule is O=C(Cl)C1C2CCC=CCCC21. The smallest absolute Gasteiger partial charge is 0.225 e. The van der Waals surface area contributed by atoms with Gasteiger partial charge in [0.15, 0.2) is 0 Å². The maximum absolute atomic E-state index is 10.9. The van der Waals surface area contributed by atoms with Gasteiger partial charge in [-0.15, -0.1) is 0 Å². The van der Waals surface area contributed by atoms with Crippen LogP contribution in [0.3, 0.4) is 0 Å². The Bertz CT molecular complexity index is 206. The Morgan fingerprint density at radius 2 is 1.67 bits per heavy atom. The number of hydrogen-bond donors (Lipinski definition) is 0. The van der Waals surface area contributed by atoms with Crippen molar-refractivity contribution in [3.05, 3.63) is 12.2 Å². The van der Waals surface area contributed by atoms with Crippen LogP contribution in [0.25, 0.3) is 0 Å². The molecule has 0 saturated heterocycles. The zero-order valence-electron chi connectivity index (χ0n) is 7.00. The van der Waals surface area contributed by atoms with E-state index in [1.807, 2.05) is 0 Å². The van der Waals surface area contributed by atoms with Crippen molar-refractivity contribution in [1.82, 2.24) is 0 Å². The Hall–Kier alpha value is -0.300. The highest BCUT2D eigenvalue weighted by atomic mass is 35.5. The molecule has 2 heteroatoms. The van der Waals surface area contributed by atoms with Gasteiger partial charge >= 0.3 is 0 Å². The molecule has 1 nitrogen and oxygen atoms in total. The van der Waals surface area contributed by atoms with E-state index in [2.05, 4.69) is 12.2 Å². The van der Waals surface area contributed by atoms with Gasteiger partial charge in [-0.1, -0.05) is 12.2 Å². The molecule has 0 bridgehead atoms. The van der Waals surface area contributed by atoms with Crippen LogP contribution in [-0.4, -0.2) is 5.24 Å². The molecule has 1 fully saturated rings. The van der Waals surface area contributed by atoms with Crippen molar-refractivity contribution in [2.24, 2.45) is 17.8 Å². The molecule has 12 heavy (non-hydrogen) atoms. The number of carbonyl (C=O) groups is 1. The Morgan fingerprint density at radius 1 is 1.17 bits per heavy atom. The molecule has 2 aliphatic rings. The first kappa shape index (κ1) is 8.31. The van der Waals surface area contributed by atoms with Crippen LogP contribution in [0.2, 0.25) is 0 Å². The quantitative estimate of drug-likeness (QED) is 0.453. The highest BCUT2D eigenvalue weighted by Gasteiger charge is 2.52. The summed E-state index contributed by atoms with van der Waals surface area (Å²) < 4.78 is 0. The van der Waals surface area contributed by atoms with E-state index in [0.717, 1.165) is 25.7 Å². The molecule has 0 aromatic heterocycles. The van der Waals surface area contributed by atoms with Gasteiger partial charge in [0, 0.05) is 5.92 Å². The molecule has 0 heterocycles. The van der Waals surface area contributed by atoms with Crippen LogP contribution in [-0.2, 0) is 4.79 Å². The number of fused-ring (bicyclic) bond motifs is 1. The standard InChI is InChI=1S/C10H13ClO/c11-10(12)9-7-5-3-1-2-4-6-8(7)9/h1-2,7-9H,3-6H2. The lowest BCUT2D eigenvalue weighted by Gasteiger charge is -1.99. The topological polar surface area (TPSA) is 17.1 Å². The summed E-state index contributed by atoms with van der Waals surface area (Å²) in [5.41, 5.74) is 0. The van der Waals surface area contributed by atoms with Crippen molar-refractivity contribution in [2.75, 3.05) is 0 Å². The van der Waals surface area contributed by atoms with E-state index in [-0.39, 0.29) is 11.2 Å². The van der Waals surface area contributed by atoms with Crippen molar-refractivity contribution in [2.45, 2.75) is 25.7 Å². The maximum atomic E-state index is 10.9. The van der Waals surface area contributed by atoms with Gasteiger partial charge in [0.2, 0.25) is 5.24 Å². The predicted octanol–water partition coefficient (Wildman–Crippen LogP) is 2.74. The molecule has 0 radical (unpaired) electrons. The summed E-state index contributed by atoms with van der Waals surface area (Å²) in [5.74, 6) is 1.42. The number of carbonyl (C=O) groups excluding carboxylic acids is 1. The third kappa shape index (κ3) is 1.42. The van der Waals surface area contributed by atoms with Gasteiger partial charge in [-0.05, 0) is 49.1 Å². The molecule has 0 spiro atoms. The monoisotopic (exact) mass is 184 g/mol. The van der Waals surface area contributed by atoms with Crippen LogP contribution in [0, 0.1) is 17.8 Å². The van der Waals surface area contributed by atoms with E-state index < -0.39 is 0 Å². The van der Waals surface area contributed by atoms with E-state index in [0.29, 0.717) is 11.8 Å². The summed E-state index contributed by atoms with van der Waals surface area (Å²) in [6.45, 7) is 0. The van der Waals surface area contributed by atoms with E-state index in [1.54, 1.807) is 0 Å². The Kier molecular flexibility index (Phi) is 2.22. The molecule has 2 aliphatic carbocycles. The van der Waals surface area contributed by atoms with E-state index >= 15 is 0 Å². The van der Waals surface area contributed by atoms with Gasteiger partial charge in [0.05, 0.1) is 0 Å². The first-order chi connectivity index (χ1) is 5.80. The second kappa shape index (κ2) is 3.21. The number of rotatable bonds is 1. The lowest BCUT2D eigenvalue weighted by atomic mass is 10.1. The largest absolute Gasteiger partial charge is 0.281 e. The van der Waals surface area contributed by atoms with Crippen LogP contribution in [0.15, 0.2) is 12.2 Å². The molecular formula is C10H13ClO. The minimum Gasteiger partial charge on any atom is -0.281 e. The van der Waals surface area contributed by atoms with Gasteiger partial charge in [0.1, 0.15) is 0 Å². The third-order valence-electron chi connectivity index (χ3n) is 3.09. The Labute approximate surface area is 77.8 Å². The molecule has 2 atom stereocenters. The molecule has 0 aromatic carbocycles. The zero-order chi connectivity index (χ0) is 8.55. The van der Waals surface area contributed by atoms with Crippen molar-refractivity contribution in [3.8, 4) is 0 Å². The fourth-order valence-electron chi connectivity index (χ4n) is 2.38. The fourth-order valence-corrected chi connectivity index (χ4v) is 2.71. The predicted molar refractivity (Wildman–Crippen MR) is 48.9 cm³/mol. The highest BCUT2D eigenvalue weighted by Crippen LogP contribution is 2.53. The normalized spacial score (nSPS) is 39.6. The van der Waals surface area contributed by atoms with Crippen LogP contribution >= 0.6 is 11.6 Å². The number of halogens is 1. The second-order valence-corrected chi connectivity index (χ2v) is 4.16. The molecule has 1 saturated carbocycles. The number of allylic oxidation sites excluding steroid dienone is 2. The Morgan fingerprint density at radius 3 is 2.08 bits per heavy atom. The van der Waals surface area contributed by atoms with Crippen molar-refractivity contribution >= 4 is 16.8 Å². The van der Waals surface area contributed by atoms with Crippen LogP contribution in [0.4, 0.5) is 0 Å². The van der Waals surface area contributed by atoms with E-state index in [1.165, 1.54) is 0 Å². The van der Waals surface area contributed by atoms with Crippen molar-refractivity contribution < 1.29 is 4.79 Å². The molecule has 0 aromatic rings. The van der Waals surface area contributed by atoms with Crippen LogP contribution in [0.1, 0.15) is 25.7 Å². The van der Waals surface area contributed by atoms with E-state index in [4.69, 9.17) is 11.6 Å². The van der Waals surface area contributed by atoms with Gasteiger partial charge in [-0.3, -0.25) is 4.79 Å². The van der Waals surface area contributed by atoms with Gasteiger partial charge in [0.25, 0.3) is 0 Å². The lowest BCUT2D eigenvalue weighted by molar-refractivity contribution is -0.113. The second-order valence-electron chi connectivity index (χ2n) is 3.78. The molecule has 2 rings (SSSR count). The van der Waals surface area contributed by atoms with Crippen LogP contribution in [0.5, 0.6) is 0 Å². The summed E-state index contributed by atoms with van der Waals surface area (Å²) in [7, 11) is 0. The molecule has 0 aliphatic heterocycles. The minimum atomic E-state index is -0.105. The fraction of sp³-hybridized carbons (Fsp3) is 0.700. The van der Waals surface area contributed by atoms with Gasteiger partial charge in [-0.25, -0.2) is 0 Å². The first-order valence-electron chi connectivity index (χ1n) is 4.65. The maximum Gasteiger partial charge on any atom is 0.225 e. The molecular weight excluding hydrogens is 172 g/mol. The Balaban J connectivity index is 1.98. The van der Waals surface area contributed by atoms with Gasteiger partial charge < -0.3 is 0 Å². The lowest BCUT2D eigenvalue weighted by Crippen LogP contribution is -1.92. The summed E-state index contributed by atoms with van der Waals surface area (Å²) in [6, 6.07) is 0. The number of hydrogen-bond acceptors (Lipinski definition) is 1. The average molecular weight is 185 g/mol. The molecule has 66 valence electrons. The van der Waals surface area contributed by atoms with Crippen molar-refractivity contribution in [1.29, 1.82) is 0 Å². The van der Waals surface area contributed by atoms with Crippen LogP contribution < -0.4 is 0 Å². The molecule has 2 unspecified atom stereocenters. The zero-order valence-corrected chi connectivity index (χ0v) is 7.76. The minimum absolute atomic E-state index is 0.105. The van der Waals surface area contributed by atoms with E-state index in [9.17, 15) is 4.79 Å².